The van der Waals surface area contributed by atoms with Crippen molar-refractivity contribution in [2.45, 2.75) is 30.8 Å². The number of para-hydroxylation sites is 2. The molecule has 9 heteroatoms. The first-order valence-corrected chi connectivity index (χ1v) is 9.48. The molecule has 0 aliphatic carbocycles. The van der Waals surface area contributed by atoms with E-state index in [1.165, 1.54) is 23.9 Å². The van der Waals surface area contributed by atoms with Crippen molar-refractivity contribution in [2.75, 3.05) is 5.32 Å². The highest BCUT2D eigenvalue weighted by atomic mass is 32.2. The van der Waals surface area contributed by atoms with Gasteiger partial charge < -0.3 is 9.88 Å². The first kappa shape index (κ1) is 19.6. The topological polar surface area (TPSA) is 103 Å². The highest BCUT2D eigenvalue weighted by Crippen LogP contribution is 2.27. The van der Waals surface area contributed by atoms with Crippen LogP contribution in [-0.4, -0.2) is 30.8 Å². The second kappa shape index (κ2) is 8.66. The zero-order valence-electron chi connectivity index (χ0n) is 15.4. The van der Waals surface area contributed by atoms with Crippen molar-refractivity contribution in [1.29, 1.82) is 0 Å². The predicted octanol–water partition coefficient (Wildman–Crippen LogP) is 3.66. The molecule has 0 aliphatic heterocycles. The van der Waals surface area contributed by atoms with Crippen LogP contribution in [0.15, 0.2) is 59.8 Å². The van der Waals surface area contributed by atoms with Crippen LogP contribution in [0, 0.1) is 17.0 Å². The van der Waals surface area contributed by atoms with Crippen LogP contribution >= 0.6 is 11.8 Å². The van der Waals surface area contributed by atoms with Crippen LogP contribution < -0.4 is 5.32 Å². The van der Waals surface area contributed by atoms with E-state index in [2.05, 4.69) is 15.5 Å². The van der Waals surface area contributed by atoms with Crippen molar-refractivity contribution in [3.63, 3.8) is 0 Å². The number of nitrogens with zero attached hydrogens (tertiary/aromatic N) is 4. The van der Waals surface area contributed by atoms with E-state index in [0.717, 1.165) is 11.4 Å². The number of hydrogen-bond donors (Lipinski definition) is 1. The monoisotopic (exact) mass is 397 g/mol. The number of hydrogen-bond acceptors (Lipinski definition) is 6. The zero-order valence-corrected chi connectivity index (χ0v) is 16.2. The summed E-state index contributed by atoms with van der Waals surface area (Å²) < 4.78 is 1.94. The van der Waals surface area contributed by atoms with Gasteiger partial charge in [-0.3, -0.25) is 14.9 Å². The Morgan fingerprint density at radius 3 is 2.57 bits per heavy atom. The third-order valence-corrected chi connectivity index (χ3v) is 5.18. The number of carbonyl (C=O) groups is 1. The van der Waals surface area contributed by atoms with Gasteiger partial charge in [-0.2, -0.15) is 0 Å². The van der Waals surface area contributed by atoms with E-state index < -0.39 is 10.2 Å². The molecule has 0 spiro atoms. The van der Waals surface area contributed by atoms with Gasteiger partial charge in [0.25, 0.3) is 5.69 Å². The number of amides is 1. The minimum atomic E-state index is -0.521. The largest absolute Gasteiger partial charge is 0.319 e. The fourth-order valence-electron chi connectivity index (χ4n) is 2.58. The second-order valence-electron chi connectivity index (χ2n) is 6.13. The lowest BCUT2D eigenvalue weighted by Crippen LogP contribution is -2.23. The number of nitro groups is 1. The van der Waals surface area contributed by atoms with Gasteiger partial charge in [0.1, 0.15) is 11.5 Å². The smallest absolute Gasteiger partial charge is 0.292 e. The molecule has 0 saturated carbocycles. The molecule has 144 valence electrons. The van der Waals surface area contributed by atoms with Crippen LogP contribution in [0.5, 0.6) is 0 Å². The Hall–Kier alpha value is -3.20. The lowest BCUT2D eigenvalue weighted by atomic mass is 10.2. The second-order valence-corrected chi connectivity index (χ2v) is 7.43. The number of anilines is 1. The first-order chi connectivity index (χ1) is 13.5. The van der Waals surface area contributed by atoms with Crippen LogP contribution in [0.3, 0.4) is 0 Å². The molecule has 3 aromatic rings. The molecule has 2 aromatic carbocycles. The number of aryl methyl sites for hydroxylation is 1. The third-order valence-electron chi connectivity index (χ3n) is 4.10. The molecule has 0 radical (unpaired) electrons. The van der Waals surface area contributed by atoms with Crippen molar-refractivity contribution in [1.82, 2.24) is 14.8 Å². The molecule has 1 atom stereocenters. The number of carbonyl (C=O) groups excluding carboxylic acids is 1. The number of nitrogens with one attached hydrogen (secondary N) is 1. The quantitative estimate of drug-likeness (QED) is 0.371. The molecule has 0 bridgehead atoms. The van der Waals surface area contributed by atoms with Crippen LogP contribution in [0.2, 0.25) is 0 Å². The van der Waals surface area contributed by atoms with E-state index in [1.54, 1.807) is 19.1 Å². The van der Waals surface area contributed by atoms with E-state index in [-0.39, 0.29) is 17.3 Å². The number of rotatable bonds is 7. The minimum Gasteiger partial charge on any atom is -0.319 e. The van der Waals surface area contributed by atoms with Gasteiger partial charge in [-0.25, -0.2) is 0 Å². The molecule has 1 amide bonds. The molecule has 0 saturated heterocycles. The summed E-state index contributed by atoms with van der Waals surface area (Å²) >= 11 is 1.26. The standard InChI is InChI=1S/C19H19N5O3S/c1-13(18(25)20-16-10-6-7-11-17(16)24(26)27)28-19-22-21-14(2)23(19)12-15-8-4-3-5-9-15/h3-11,13H,12H2,1-2H3,(H,20,25)/t13-/m0/s1. The van der Waals surface area contributed by atoms with Gasteiger partial charge in [0, 0.05) is 6.07 Å². The third kappa shape index (κ3) is 4.55. The molecule has 0 fully saturated rings. The Labute approximate surface area is 166 Å². The number of aromatic nitrogens is 3. The van der Waals surface area contributed by atoms with Gasteiger partial charge in [0.05, 0.1) is 16.7 Å². The predicted molar refractivity (Wildman–Crippen MR) is 107 cm³/mol. The fraction of sp³-hybridized carbons (Fsp3) is 0.211. The molecule has 1 N–H and O–H groups in total. The molecular formula is C19H19N5O3S. The van der Waals surface area contributed by atoms with Gasteiger partial charge in [-0.15, -0.1) is 10.2 Å². The normalized spacial score (nSPS) is 11.8. The molecule has 0 aliphatic rings. The Morgan fingerprint density at radius 2 is 1.86 bits per heavy atom. The Balaban J connectivity index is 1.72. The van der Waals surface area contributed by atoms with Crippen molar-refractivity contribution in [2.24, 2.45) is 0 Å². The van der Waals surface area contributed by atoms with E-state index >= 15 is 0 Å². The van der Waals surface area contributed by atoms with Crippen molar-refractivity contribution >= 4 is 29.0 Å². The SMILES string of the molecule is Cc1nnc(S[C@@H](C)C(=O)Nc2ccccc2[N+](=O)[O-])n1Cc1ccccc1. The van der Waals surface area contributed by atoms with Crippen molar-refractivity contribution < 1.29 is 9.72 Å². The van der Waals surface area contributed by atoms with Crippen molar-refractivity contribution in [3.8, 4) is 0 Å². The summed E-state index contributed by atoms with van der Waals surface area (Å²) in [5.74, 6) is 0.406. The average Bonchev–Trinajstić information content (AvgIpc) is 3.02. The fourth-order valence-corrected chi connectivity index (χ4v) is 3.48. The first-order valence-electron chi connectivity index (χ1n) is 8.60. The molecular weight excluding hydrogens is 378 g/mol. The molecule has 0 unspecified atom stereocenters. The molecule has 1 heterocycles. The Kier molecular flexibility index (Phi) is 6.05. The summed E-state index contributed by atoms with van der Waals surface area (Å²) in [6.45, 7) is 4.18. The summed E-state index contributed by atoms with van der Waals surface area (Å²) in [6, 6.07) is 16.0. The number of nitro benzene ring substituents is 1. The van der Waals surface area contributed by atoms with E-state index in [9.17, 15) is 14.9 Å². The summed E-state index contributed by atoms with van der Waals surface area (Å²) in [5, 5.41) is 22.1. The maximum atomic E-state index is 12.6. The van der Waals surface area contributed by atoms with Crippen LogP contribution in [0.4, 0.5) is 11.4 Å². The number of thioether (sulfide) groups is 1. The Morgan fingerprint density at radius 1 is 1.18 bits per heavy atom. The van der Waals surface area contributed by atoms with Gasteiger partial charge in [-0.05, 0) is 25.5 Å². The van der Waals surface area contributed by atoms with Crippen molar-refractivity contribution in [3.05, 3.63) is 76.1 Å². The molecule has 3 rings (SSSR count). The number of benzene rings is 2. The van der Waals surface area contributed by atoms with E-state index in [1.807, 2.05) is 41.8 Å². The summed E-state index contributed by atoms with van der Waals surface area (Å²) in [4.78, 5) is 23.1. The molecule has 1 aromatic heterocycles. The van der Waals surface area contributed by atoms with Crippen LogP contribution in [-0.2, 0) is 11.3 Å². The van der Waals surface area contributed by atoms with Gasteiger partial charge in [0.2, 0.25) is 5.91 Å². The average molecular weight is 397 g/mol. The van der Waals surface area contributed by atoms with Gasteiger partial charge in [-0.1, -0.05) is 54.2 Å². The zero-order chi connectivity index (χ0) is 20.1. The highest BCUT2D eigenvalue weighted by Gasteiger charge is 2.22. The van der Waals surface area contributed by atoms with Crippen LogP contribution in [0.25, 0.3) is 0 Å². The van der Waals surface area contributed by atoms with Gasteiger partial charge >= 0.3 is 0 Å². The Bertz CT molecular complexity index is 990. The van der Waals surface area contributed by atoms with E-state index in [0.29, 0.717) is 11.7 Å². The maximum absolute atomic E-state index is 12.6. The van der Waals surface area contributed by atoms with Gasteiger partial charge in [0.15, 0.2) is 5.16 Å². The summed E-state index contributed by atoms with van der Waals surface area (Å²) in [5.41, 5.74) is 1.13. The lowest BCUT2D eigenvalue weighted by molar-refractivity contribution is -0.383. The highest BCUT2D eigenvalue weighted by molar-refractivity contribution is 8.00. The summed E-state index contributed by atoms with van der Waals surface area (Å²) in [7, 11) is 0. The van der Waals surface area contributed by atoms with Crippen LogP contribution in [0.1, 0.15) is 18.3 Å². The maximum Gasteiger partial charge on any atom is 0.292 e. The summed E-state index contributed by atoms with van der Waals surface area (Å²) in [6.07, 6.45) is 0. The lowest BCUT2D eigenvalue weighted by Gasteiger charge is -2.13. The molecule has 28 heavy (non-hydrogen) atoms. The van der Waals surface area contributed by atoms with E-state index in [4.69, 9.17) is 0 Å². The minimum absolute atomic E-state index is 0.142. The molecule has 8 nitrogen and oxygen atoms in total.